The van der Waals surface area contributed by atoms with Crippen LogP contribution in [0.3, 0.4) is 0 Å². The first-order valence-electron chi connectivity index (χ1n) is 9.82. The lowest BCUT2D eigenvalue weighted by atomic mass is 9.96. The van der Waals surface area contributed by atoms with Gasteiger partial charge >= 0.3 is 0 Å². The van der Waals surface area contributed by atoms with E-state index in [4.69, 9.17) is 0 Å². The maximum absolute atomic E-state index is 12.7. The van der Waals surface area contributed by atoms with E-state index in [2.05, 4.69) is 70.5 Å². The van der Waals surface area contributed by atoms with Gasteiger partial charge < -0.3 is 4.90 Å². The van der Waals surface area contributed by atoms with E-state index in [0.29, 0.717) is 6.42 Å². The van der Waals surface area contributed by atoms with Gasteiger partial charge in [-0.2, -0.15) is 0 Å². The van der Waals surface area contributed by atoms with Crippen molar-refractivity contribution in [2.75, 3.05) is 26.2 Å². The van der Waals surface area contributed by atoms with Gasteiger partial charge in [-0.05, 0) is 22.8 Å². The predicted octanol–water partition coefficient (Wildman–Crippen LogP) is 3.56. The summed E-state index contributed by atoms with van der Waals surface area (Å²) in [5.41, 5.74) is 3.56. The Morgan fingerprint density at radius 1 is 0.821 bits per heavy atom. The van der Waals surface area contributed by atoms with Crippen molar-refractivity contribution < 1.29 is 4.79 Å². The van der Waals surface area contributed by atoms with Crippen LogP contribution in [0.4, 0.5) is 0 Å². The first-order valence-corrected chi connectivity index (χ1v) is 9.82. The molecule has 0 radical (unpaired) electrons. The highest BCUT2D eigenvalue weighted by Crippen LogP contribution is 2.29. The predicted molar refractivity (Wildman–Crippen MR) is 111 cm³/mol. The monoisotopic (exact) mass is 371 g/mol. The van der Waals surface area contributed by atoms with Crippen LogP contribution in [0.25, 0.3) is 0 Å². The molecule has 0 bridgehead atoms. The summed E-state index contributed by atoms with van der Waals surface area (Å²) >= 11 is 0. The number of nitrogens with zero attached hydrogens (tertiary/aromatic N) is 3. The van der Waals surface area contributed by atoms with Gasteiger partial charge in [0, 0.05) is 38.6 Å². The molecule has 2 heterocycles. The maximum atomic E-state index is 12.7. The molecule has 4 nitrogen and oxygen atoms in total. The van der Waals surface area contributed by atoms with Crippen LogP contribution >= 0.6 is 0 Å². The summed E-state index contributed by atoms with van der Waals surface area (Å²) in [7, 11) is 0. The highest BCUT2D eigenvalue weighted by atomic mass is 16.2. The Bertz CT molecular complexity index is 836. The van der Waals surface area contributed by atoms with E-state index in [1.54, 1.807) is 12.4 Å². The number of piperazine rings is 1. The summed E-state index contributed by atoms with van der Waals surface area (Å²) in [5.74, 6) is 0.184. The fourth-order valence-electron chi connectivity index (χ4n) is 3.90. The number of hydrogen-bond acceptors (Lipinski definition) is 3. The maximum Gasteiger partial charge on any atom is 0.227 e. The van der Waals surface area contributed by atoms with Crippen LogP contribution in [-0.4, -0.2) is 46.9 Å². The molecule has 2 aromatic carbocycles. The summed E-state index contributed by atoms with van der Waals surface area (Å²) in [5, 5.41) is 0. The van der Waals surface area contributed by atoms with Crippen molar-refractivity contribution in [2.24, 2.45) is 0 Å². The molecule has 4 rings (SSSR count). The first-order chi connectivity index (χ1) is 13.8. The van der Waals surface area contributed by atoms with E-state index in [0.717, 1.165) is 31.7 Å². The number of pyridine rings is 1. The molecule has 28 heavy (non-hydrogen) atoms. The normalized spacial score (nSPS) is 15.0. The quantitative estimate of drug-likeness (QED) is 0.688. The standard InChI is InChI=1S/C24H25N3O/c28-23(18-20-8-7-13-25-19-20)26-14-16-27(17-15-26)24(21-9-3-1-4-10-21)22-11-5-2-6-12-22/h1-13,19,24H,14-18H2. The lowest BCUT2D eigenvalue weighted by molar-refractivity contribution is -0.132. The highest BCUT2D eigenvalue weighted by molar-refractivity contribution is 5.78. The fraction of sp³-hybridized carbons (Fsp3) is 0.250. The minimum Gasteiger partial charge on any atom is -0.340 e. The molecule has 0 spiro atoms. The van der Waals surface area contributed by atoms with Gasteiger partial charge in [-0.1, -0.05) is 66.7 Å². The number of rotatable bonds is 5. The first kappa shape index (κ1) is 18.4. The molecule has 0 aliphatic carbocycles. The molecule has 1 aliphatic rings. The molecular weight excluding hydrogens is 346 g/mol. The van der Waals surface area contributed by atoms with Gasteiger partial charge in [0.05, 0.1) is 12.5 Å². The summed E-state index contributed by atoms with van der Waals surface area (Å²) < 4.78 is 0. The molecule has 0 saturated carbocycles. The SMILES string of the molecule is O=C(Cc1cccnc1)N1CCN(C(c2ccccc2)c2ccccc2)CC1. The molecule has 1 fully saturated rings. The zero-order chi connectivity index (χ0) is 19.2. The van der Waals surface area contributed by atoms with Crippen molar-refractivity contribution >= 4 is 5.91 Å². The molecule has 1 saturated heterocycles. The Hall–Kier alpha value is -2.98. The van der Waals surface area contributed by atoms with Gasteiger partial charge in [0.1, 0.15) is 0 Å². The van der Waals surface area contributed by atoms with E-state index in [1.807, 2.05) is 17.0 Å². The number of carbonyl (C=O) groups excluding carboxylic acids is 1. The lowest BCUT2D eigenvalue weighted by Crippen LogP contribution is -2.50. The number of aromatic nitrogens is 1. The molecule has 0 unspecified atom stereocenters. The van der Waals surface area contributed by atoms with Gasteiger partial charge in [0.25, 0.3) is 0 Å². The highest BCUT2D eigenvalue weighted by Gasteiger charge is 2.28. The topological polar surface area (TPSA) is 36.4 Å². The Balaban J connectivity index is 1.45. The zero-order valence-electron chi connectivity index (χ0n) is 15.9. The van der Waals surface area contributed by atoms with Crippen LogP contribution in [0.2, 0.25) is 0 Å². The summed E-state index contributed by atoms with van der Waals surface area (Å²) in [6.07, 6.45) is 3.93. The van der Waals surface area contributed by atoms with Crippen molar-refractivity contribution in [1.82, 2.24) is 14.8 Å². The van der Waals surface area contributed by atoms with Crippen molar-refractivity contribution in [2.45, 2.75) is 12.5 Å². The number of hydrogen-bond donors (Lipinski definition) is 0. The van der Waals surface area contributed by atoms with E-state index in [-0.39, 0.29) is 11.9 Å². The molecule has 0 N–H and O–H groups in total. The van der Waals surface area contributed by atoms with E-state index in [9.17, 15) is 4.79 Å². The third kappa shape index (κ3) is 4.29. The van der Waals surface area contributed by atoms with Crippen LogP contribution in [0, 0.1) is 0 Å². The molecule has 1 aliphatic heterocycles. The molecule has 142 valence electrons. The van der Waals surface area contributed by atoms with Crippen molar-refractivity contribution in [1.29, 1.82) is 0 Å². The number of carbonyl (C=O) groups is 1. The average Bonchev–Trinajstić information content (AvgIpc) is 2.77. The average molecular weight is 371 g/mol. The molecule has 0 atom stereocenters. The fourth-order valence-corrected chi connectivity index (χ4v) is 3.90. The summed E-state index contributed by atoms with van der Waals surface area (Å²) in [4.78, 5) is 21.2. The summed E-state index contributed by atoms with van der Waals surface area (Å²) in [6.45, 7) is 3.25. The van der Waals surface area contributed by atoms with E-state index >= 15 is 0 Å². The second kappa shape index (κ2) is 8.81. The summed E-state index contributed by atoms with van der Waals surface area (Å²) in [6, 6.07) is 25.3. The second-order valence-corrected chi connectivity index (χ2v) is 7.18. The van der Waals surface area contributed by atoms with Gasteiger partial charge in [0.2, 0.25) is 5.91 Å². The Kier molecular flexibility index (Phi) is 5.78. The smallest absolute Gasteiger partial charge is 0.227 e. The minimum atomic E-state index is 0.184. The zero-order valence-corrected chi connectivity index (χ0v) is 15.9. The Morgan fingerprint density at radius 3 is 1.96 bits per heavy atom. The molecule has 1 amide bonds. The van der Waals surface area contributed by atoms with E-state index < -0.39 is 0 Å². The Labute approximate surface area is 166 Å². The van der Waals surface area contributed by atoms with Crippen LogP contribution in [0.1, 0.15) is 22.7 Å². The third-order valence-corrected chi connectivity index (χ3v) is 5.34. The van der Waals surface area contributed by atoms with Crippen LogP contribution in [0.15, 0.2) is 85.2 Å². The van der Waals surface area contributed by atoms with Gasteiger partial charge in [-0.25, -0.2) is 0 Å². The van der Waals surface area contributed by atoms with Gasteiger partial charge in [0.15, 0.2) is 0 Å². The molecular formula is C24H25N3O. The van der Waals surface area contributed by atoms with Crippen molar-refractivity contribution in [3.8, 4) is 0 Å². The molecule has 4 heteroatoms. The number of amides is 1. The van der Waals surface area contributed by atoms with Gasteiger partial charge in [-0.3, -0.25) is 14.7 Å². The minimum absolute atomic E-state index is 0.184. The number of benzene rings is 2. The van der Waals surface area contributed by atoms with Gasteiger partial charge in [-0.15, -0.1) is 0 Å². The van der Waals surface area contributed by atoms with Crippen LogP contribution in [-0.2, 0) is 11.2 Å². The lowest BCUT2D eigenvalue weighted by Gasteiger charge is -2.39. The van der Waals surface area contributed by atoms with E-state index in [1.165, 1.54) is 11.1 Å². The Morgan fingerprint density at radius 2 is 1.43 bits per heavy atom. The third-order valence-electron chi connectivity index (χ3n) is 5.34. The van der Waals surface area contributed by atoms with Crippen LogP contribution < -0.4 is 0 Å². The largest absolute Gasteiger partial charge is 0.340 e. The van der Waals surface area contributed by atoms with Crippen molar-refractivity contribution in [3.05, 3.63) is 102 Å². The molecule has 1 aromatic heterocycles. The molecule has 3 aromatic rings. The van der Waals surface area contributed by atoms with Crippen molar-refractivity contribution in [3.63, 3.8) is 0 Å². The van der Waals surface area contributed by atoms with Crippen LogP contribution in [0.5, 0.6) is 0 Å². The second-order valence-electron chi connectivity index (χ2n) is 7.18.